The van der Waals surface area contributed by atoms with Crippen molar-refractivity contribution in [2.75, 3.05) is 20.1 Å². The lowest BCUT2D eigenvalue weighted by Gasteiger charge is -2.39. The minimum absolute atomic E-state index is 0.213. The van der Waals surface area contributed by atoms with Gasteiger partial charge in [0.2, 0.25) is 0 Å². The zero-order valence-corrected chi connectivity index (χ0v) is 10.2. The van der Waals surface area contributed by atoms with E-state index in [2.05, 4.69) is 0 Å². The summed E-state index contributed by atoms with van der Waals surface area (Å²) in [5, 5.41) is 7.41. The summed E-state index contributed by atoms with van der Waals surface area (Å²) < 4.78 is 48.8. The Bertz CT molecular complexity index is 390. The van der Waals surface area contributed by atoms with E-state index in [1.165, 1.54) is 0 Å². The van der Waals surface area contributed by atoms with Crippen LogP contribution in [0.25, 0.3) is 0 Å². The Labute approximate surface area is 98.7 Å². The van der Waals surface area contributed by atoms with Crippen LogP contribution in [0.1, 0.15) is 12.8 Å². The standard InChI is InChI=1S/C8H16F2N4O2S/c1-14-4-2-8(3-5-14,6(11)12)13-17(15,16)7(9)10/h7,13H,2-5H2,1H3,(H3,11,12). The maximum atomic E-state index is 12.3. The van der Waals surface area contributed by atoms with Gasteiger partial charge >= 0.3 is 5.76 Å². The van der Waals surface area contributed by atoms with Crippen LogP contribution in [0.3, 0.4) is 0 Å². The van der Waals surface area contributed by atoms with Crippen molar-refractivity contribution in [1.82, 2.24) is 9.62 Å². The number of amidine groups is 1. The number of halogens is 2. The van der Waals surface area contributed by atoms with Crippen LogP contribution in [-0.2, 0) is 10.0 Å². The molecule has 0 aromatic heterocycles. The monoisotopic (exact) mass is 270 g/mol. The molecule has 1 heterocycles. The highest BCUT2D eigenvalue weighted by Gasteiger charge is 2.42. The number of nitrogens with two attached hydrogens (primary N) is 1. The van der Waals surface area contributed by atoms with E-state index in [-0.39, 0.29) is 12.8 Å². The lowest BCUT2D eigenvalue weighted by atomic mass is 9.88. The van der Waals surface area contributed by atoms with E-state index in [1.807, 2.05) is 16.7 Å². The molecule has 100 valence electrons. The quantitative estimate of drug-likeness (QED) is 0.475. The number of hydrogen-bond acceptors (Lipinski definition) is 4. The van der Waals surface area contributed by atoms with Crippen LogP contribution in [0.2, 0.25) is 0 Å². The van der Waals surface area contributed by atoms with Gasteiger partial charge in [-0.15, -0.1) is 0 Å². The van der Waals surface area contributed by atoms with Gasteiger partial charge in [0.15, 0.2) is 0 Å². The molecule has 1 fully saturated rings. The number of likely N-dealkylation sites (tertiary alicyclic amines) is 1. The van der Waals surface area contributed by atoms with Crippen molar-refractivity contribution in [1.29, 1.82) is 5.41 Å². The Morgan fingerprint density at radius 2 is 1.94 bits per heavy atom. The molecule has 6 nitrogen and oxygen atoms in total. The van der Waals surface area contributed by atoms with Crippen molar-refractivity contribution < 1.29 is 17.2 Å². The maximum absolute atomic E-state index is 12.3. The summed E-state index contributed by atoms with van der Waals surface area (Å²) in [6.07, 6.45) is 0.426. The van der Waals surface area contributed by atoms with E-state index in [4.69, 9.17) is 11.1 Å². The van der Waals surface area contributed by atoms with E-state index in [0.29, 0.717) is 13.1 Å². The van der Waals surface area contributed by atoms with E-state index in [1.54, 1.807) is 0 Å². The second kappa shape index (κ2) is 4.83. The SMILES string of the molecule is CN1CCC(NS(=O)(=O)C(F)F)(C(=N)N)CC1. The van der Waals surface area contributed by atoms with E-state index in [0.717, 1.165) is 0 Å². The van der Waals surface area contributed by atoms with Gasteiger partial charge in [-0.1, -0.05) is 0 Å². The van der Waals surface area contributed by atoms with Gasteiger partial charge in [-0.3, -0.25) is 5.41 Å². The largest absolute Gasteiger partial charge is 0.386 e. The fraction of sp³-hybridized carbons (Fsp3) is 0.875. The molecule has 0 aromatic carbocycles. The first-order valence-corrected chi connectivity index (χ1v) is 6.58. The predicted octanol–water partition coefficient (Wildman–Crippen LogP) is -0.471. The Balaban J connectivity index is 2.92. The number of sulfonamides is 1. The topological polar surface area (TPSA) is 99.3 Å². The molecule has 0 bridgehead atoms. The minimum Gasteiger partial charge on any atom is -0.386 e. The molecule has 0 radical (unpaired) electrons. The number of rotatable bonds is 4. The van der Waals surface area contributed by atoms with Crippen LogP contribution in [0.15, 0.2) is 0 Å². The van der Waals surface area contributed by atoms with Crippen molar-refractivity contribution in [3.05, 3.63) is 0 Å². The first kappa shape index (κ1) is 14.3. The van der Waals surface area contributed by atoms with Gasteiger partial charge < -0.3 is 10.6 Å². The fourth-order valence-corrected chi connectivity index (χ4v) is 2.69. The van der Waals surface area contributed by atoms with Gasteiger partial charge in [0.1, 0.15) is 5.84 Å². The molecule has 17 heavy (non-hydrogen) atoms. The average Bonchev–Trinajstić information content (AvgIpc) is 2.21. The Morgan fingerprint density at radius 3 is 2.29 bits per heavy atom. The summed E-state index contributed by atoms with van der Waals surface area (Å²) in [6.45, 7) is 0.983. The summed E-state index contributed by atoms with van der Waals surface area (Å²) in [4.78, 5) is 1.91. The minimum atomic E-state index is -4.74. The van der Waals surface area contributed by atoms with E-state index < -0.39 is 27.2 Å². The van der Waals surface area contributed by atoms with E-state index >= 15 is 0 Å². The van der Waals surface area contributed by atoms with Crippen molar-refractivity contribution in [3.8, 4) is 0 Å². The Kier molecular flexibility index (Phi) is 4.05. The number of piperidine rings is 1. The molecule has 0 spiro atoms. The van der Waals surface area contributed by atoms with Crippen LogP contribution < -0.4 is 10.5 Å². The van der Waals surface area contributed by atoms with Crippen LogP contribution in [0.5, 0.6) is 0 Å². The highest BCUT2D eigenvalue weighted by molar-refractivity contribution is 7.89. The summed E-state index contributed by atoms with van der Waals surface area (Å²) in [5.74, 6) is -3.94. The predicted molar refractivity (Wildman–Crippen MR) is 59.4 cm³/mol. The molecule has 9 heteroatoms. The summed E-state index contributed by atoms with van der Waals surface area (Å²) >= 11 is 0. The van der Waals surface area contributed by atoms with Gasteiger partial charge in [-0.25, -0.2) is 8.42 Å². The molecule has 1 saturated heterocycles. The van der Waals surface area contributed by atoms with Gasteiger partial charge in [-0.2, -0.15) is 13.5 Å². The second-order valence-corrected chi connectivity index (χ2v) is 5.86. The lowest BCUT2D eigenvalue weighted by molar-refractivity contribution is 0.205. The average molecular weight is 270 g/mol. The number of nitrogens with zero attached hydrogens (tertiary/aromatic N) is 1. The molecule has 1 aliphatic rings. The highest BCUT2D eigenvalue weighted by atomic mass is 32.2. The Hall–Kier alpha value is -0.800. The van der Waals surface area contributed by atoms with Crippen molar-refractivity contribution in [2.24, 2.45) is 5.73 Å². The summed E-state index contributed by atoms with van der Waals surface area (Å²) in [7, 11) is -2.92. The first-order valence-electron chi connectivity index (χ1n) is 5.04. The molecule has 1 aliphatic heterocycles. The van der Waals surface area contributed by atoms with Crippen molar-refractivity contribution >= 4 is 15.9 Å². The molecule has 4 N–H and O–H groups in total. The van der Waals surface area contributed by atoms with Crippen LogP contribution >= 0.6 is 0 Å². The zero-order valence-electron chi connectivity index (χ0n) is 9.41. The third-order valence-electron chi connectivity index (χ3n) is 2.93. The number of nitrogens with one attached hydrogen (secondary N) is 2. The fourth-order valence-electron chi connectivity index (χ4n) is 1.74. The van der Waals surface area contributed by atoms with Gasteiger partial charge in [0, 0.05) is 13.1 Å². The van der Waals surface area contributed by atoms with Gasteiger partial charge in [0.25, 0.3) is 10.0 Å². The van der Waals surface area contributed by atoms with Gasteiger partial charge in [-0.05, 0) is 19.9 Å². The molecular formula is C8H16F2N4O2S. The molecule has 0 atom stereocenters. The third kappa shape index (κ3) is 3.11. The summed E-state index contributed by atoms with van der Waals surface area (Å²) in [6, 6.07) is 0. The number of hydrogen-bond donors (Lipinski definition) is 3. The van der Waals surface area contributed by atoms with E-state index in [9.17, 15) is 17.2 Å². The second-order valence-electron chi connectivity index (χ2n) is 4.21. The van der Waals surface area contributed by atoms with Crippen molar-refractivity contribution in [3.63, 3.8) is 0 Å². The third-order valence-corrected chi connectivity index (χ3v) is 4.07. The maximum Gasteiger partial charge on any atom is 0.350 e. The van der Waals surface area contributed by atoms with Crippen molar-refractivity contribution in [2.45, 2.75) is 24.1 Å². The van der Waals surface area contributed by atoms with Crippen LogP contribution in [0, 0.1) is 5.41 Å². The molecular weight excluding hydrogens is 254 g/mol. The normalized spacial score (nSPS) is 21.6. The first-order chi connectivity index (χ1) is 7.69. The van der Waals surface area contributed by atoms with Crippen LogP contribution in [-0.4, -0.2) is 50.6 Å². The molecule has 0 aromatic rings. The molecule has 0 unspecified atom stereocenters. The van der Waals surface area contributed by atoms with Crippen LogP contribution in [0.4, 0.5) is 8.78 Å². The summed E-state index contributed by atoms with van der Waals surface area (Å²) in [5.41, 5.74) is 3.97. The molecule has 0 aliphatic carbocycles. The zero-order chi connectivity index (χ0) is 13.3. The smallest absolute Gasteiger partial charge is 0.350 e. The lowest BCUT2D eigenvalue weighted by Crippen LogP contribution is -2.62. The molecule has 0 saturated carbocycles. The Morgan fingerprint density at radius 1 is 1.47 bits per heavy atom. The molecule has 1 rings (SSSR count). The number of alkyl halides is 2. The molecule has 0 amide bonds. The highest BCUT2D eigenvalue weighted by Crippen LogP contribution is 2.23. The van der Waals surface area contributed by atoms with Gasteiger partial charge in [0.05, 0.1) is 5.54 Å².